The Kier molecular flexibility index (Phi) is 5.04. The van der Waals surface area contributed by atoms with Crippen LogP contribution in [0.2, 0.25) is 0 Å². The molecule has 2 aromatic rings. The number of hydrogen-bond acceptors (Lipinski definition) is 7. The van der Waals surface area contributed by atoms with E-state index in [-0.39, 0.29) is 17.9 Å². The molecule has 0 aromatic carbocycles. The zero-order valence-electron chi connectivity index (χ0n) is 13.2. The fourth-order valence-corrected chi connectivity index (χ4v) is 3.07. The van der Waals surface area contributed by atoms with Gasteiger partial charge in [-0.3, -0.25) is 15.0 Å². The number of morpholine rings is 1. The van der Waals surface area contributed by atoms with Crippen molar-refractivity contribution in [2.75, 3.05) is 31.6 Å². The van der Waals surface area contributed by atoms with Gasteiger partial charge in [0.05, 0.1) is 18.8 Å². The highest BCUT2D eigenvalue weighted by molar-refractivity contribution is 7.09. The second-order valence-corrected chi connectivity index (χ2v) is 6.71. The molecule has 0 saturated carbocycles. The summed E-state index contributed by atoms with van der Waals surface area (Å²) in [4.78, 5) is 18.5. The summed E-state index contributed by atoms with van der Waals surface area (Å²) >= 11 is 1.57. The van der Waals surface area contributed by atoms with Crippen LogP contribution in [-0.2, 0) is 9.53 Å². The molecule has 23 heavy (non-hydrogen) atoms. The fourth-order valence-electron chi connectivity index (χ4n) is 2.39. The van der Waals surface area contributed by atoms with Crippen molar-refractivity contribution >= 4 is 23.1 Å². The number of amides is 1. The van der Waals surface area contributed by atoms with Gasteiger partial charge < -0.3 is 9.26 Å². The number of rotatable bonds is 5. The number of nitrogens with zero attached hydrogens (tertiary/aromatic N) is 3. The summed E-state index contributed by atoms with van der Waals surface area (Å²) in [5, 5.41) is 9.56. The van der Waals surface area contributed by atoms with Gasteiger partial charge in [0.1, 0.15) is 11.1 Å². The van der Waals surface area contributed by atoms with Crippen molar-refractivity contribution in [3.8, 4) is 0 Å². The standard InChI is InChI=1S/C15H20N4O3S/c1-10(2)11-7-14(22-18-11)17-13(20)9-19-4-5-21-12(8-19)15-16-3-6-23-15/h3,6-7,10,12H,4-5,8-9H2,1-2H3,(H,17,20). The Hall–Kier alpha value is -1.77. The van der Waals surface area contributed by atoms with Crippen LogP contribution in [-0.4, -0.2) is 47.2 Å². The third-order valence-electron chi connectivity index (χ3n) is 3.63. The largest absolute Gasteiger partial charge is 0.368 e. The van der Waals surface area contributed by atoms with Crippen molar-refractivity contribution in [3.63, 3.8) is 0 Å². The van der Waals surface area contributed by atoms with E-state index in [0.29, 0.717) is 25.6 Å². The number of carbonyl (C=O) groups is 1. The molecule has 1 aliphatic heterocycles. The number of anilines is 1. The molecule has 3 rings (SSSR count). The molecule has 0 radical (unpaired) electrons. The van der Waals surface area contributed by atoms with Crippen molar-refractivity contribution in [3.05, 3.63) is 28.3 Å². The molecule has 1 N–H and O–H groups in total. The van der Waals surface area contributed by atoms with Crippen LogP contribution in [0.25, 0.3) is 0 Å². The van der Waals surface area contributed by atoms with Gasteiger partial charge in [-0.15, -0.1) is 11.3 Å². The highest BCUT2D eigenvalue weighted by Gasteiger charge is 2.25. The van der Waals surface area contributed by atoms with E-state index in [0.717, 1.165) is 17.2 Å². The van der Waals surface area contributed by atoms with E-state index in [1.807, 2.05) is 19.2 Å². The van der Waals surface area contributed by atoms with Gasteiger partial charge >= 0.3 is 0 Å². The zero-order chi connectivity index (χ0) is 16.2. The summed E-state index contributed by atoms with van der Waals surface area (Å²) in [5.74, 6) is 0.544. The molecule has 0 bridgehead atoms. The Labute approximate surface area is 138 Å². The number of ether oxygens (including phenoxy) is 1. The van der Waals surface area contributed by atoms with Crippen LogP contribution >= 0.6 is 11.3 Å². The lowest BCUT2D eigenvalue weighted by Gasteiger charge is -2.31. The molecule has 3 heterocycles. The first-order valence-corrected chi connectivity index (χ1v) is 8.49. The van der Waals surface area contributed by atoms with E-state index < -0.39 is 0 Å². The molecule has 0 spiro atoms. The van der Waals surface area contributed by atoms with Gasteiger partial charge in [-0.2, -0.15) is 0 Å². The van der Waals surface area contributed by atoms with Crippen LogP contribution < -0.4 is 5.32 Å². The van der Waals surface area contributed by atoms with Gasteiger partial charge in [-0.25, -0.2) is 4.98 Å². The summed E-state index contributed by atoms with van der Waals surface area (Å²) in [6.45, 7) is 6.32. The maximum Gasteiger partial charge on any atom is 0.240 e. The molecule has 1 amide bonds. The summed E-state index contributed by atoms with van der Waals surface area (Å²) in [5.41, 5.74) is 0.829. The molecule has 1 atom stereocenters. The van der Waals surface area contributed by atoms with Gasteiger partial charge in [0, 0.05) is 30.7 Å². The highest BCUT2D eigenvalue weighted by Crippen LogP contribution is 2.24. The Morgan fingerprint density at radius 2 is 2.43 bits per heavy atom. The van der Waals surface area contributed by atoms with Crippen LogP contribution in [0.15, 0.2) is 22.2 Å². The second kappa shape index (κ2) is 7.20. The lowest BCUT2D eigenvalue weighted by molar-refractivity contribution is -0.119. The molecule has 1 unspecified atom stereocenters. The van der Waals surface area contributed by atoms with Crippen LogP contribution in [0.4, 0.5) is 5.88 Å². The summed E-state index contributed by atoms with van der Waals surface area (Å²) in [7, 11) is 0. The number of aromatic nitrogens is 2. The molecule has 1 fully saturated rings. The summed E-state index contributed by atoms with van der Waals surface area (Å²) < 4.78 is 10.9. The minimum absolute atomic E-state index is 0.0608. The first-order chi connectivity index (χ1) is 11.1. The van der Waals surface area contributed by atoms with Crippen LogP contribution in [0.5, 0.6) is 0 Å². The predicted molar refractivity (Wildman–Crippen MR) is 86.5 cm³/mol. The molecular weight excluding hydrogens is 316 g/mol. The smallest absolute Gasteiger partial charge is 0.240 e. The van der Waals surface area contributed by atoms with Crippen molar-refractivity contribution in [1.82, 2.24) is 15.0 Å². The number of nitrogens with one attached hydrogen (secondary N) is 1. The number of hydrogen-bond donors (Lipinski definition) is 1. The van der Waals surface area contributed by atoms with E-state index >= 15 is 0 Å². The van der Waals surface area contributed by atoms with Crippen LogP contribution in [0.3, 0.4) is 0 Å². The number of carbonyl (C=O) groups excluding carboxylic acids is 1. The van der Waals surface area contributed by atoms with Crippen molar-refractivity contribution in [2.45, 2.75) is 25.9 Å². The predicted octanol–water partition coefficient (Wildman–Crippen LogP) is 2.27. The quantitative estimate of drug-likeness (QED) is 0.902. The lowest BCUT2D eigenvalue weighted by Crippen LogP contribution is -2.42. The summed E-state index contributed by atoms with van der Waals surface area (Å²) in [6.07, 6.45) is 1.71. The van der Waals surface area contributed by atoms with Gasteiger partial charge in [-0.1, -0.05) is 19.0 Å². The minimum atomic E-state index is -0.115. The molecule has 124 valence electrons. The molecule has 7 nitrogen and oxygen atoms in total. The average Bonchev–Trinajstić information content (AvgIpc) is 3.18. The molecule has 8 heteroatoms. The van der Waals surface area contributed by atoms with Crippen LogP contribution in [0.1, 0.15) is 36.6 Å². The van der Waals surface area contributed by atoms with E-state index in [9.17, 15) is 4.79 Å². The maximum absolute atomic E-state index is 12.2. The maximum atomic E-state index is 12.2. The fraction of sp³-hybridized carbons (Fsp3) is 0.533. The Morgan fingerprint density at radius 3 is 3.13 bits per heavy atom. The van der Waals surface area contributed by atoms with E-state index in [2.05, 4.69) is 20.4 Å². The van der Waals surface area contributed by atoms with Crippen molar-refractivity contribution < 1.29 is 14.1 Å². The third-order valence-corrected chi connectivity index (χ3v) is 4.49. The molecule has 1 aliphatic rings. The topological polar surface area (TPSA) is 80.5 Å². The molecule has 1 saturated heterocycles. The van der Waals surface area contributed by atoms with Gasteiger partial charge in [0.25, 0.3) is 0 Å². The SMILES string of the molecule is CC(C)c1cc(NC(=O)CN2CCOC(c3nccs3)C2)on1. The van der Waals surface area contributed by atoms with Crippen molar-refractivity contribution in [1.29, 1.82) is 0 Å². The first-order valence-electron chi connectivity index (χ1n) is 7.61. The molecular formula is C15H20N4O3S. The van der Waals surface area contributed by atoms with E-state index in [4.69, 9.17) is 9.26 Å². The van der Waals surface area contributed by atoms with Gasteiger partial charge in [0.15, 0.2) is 0 Å². The summed E-state index contributed by atoms with van der Waals surface area (Å²) in [6, 6.07) is 1.76. The van der Waals surface area contributed by atoms with Gasteiger partial charge in [-0.05, 0) is 5.92 Å². The third kappa shape index (κ3) is 4.15. The van der Waals surface area contributed by atoms with E-state index in [1.165, 1.54) is 0 Å². The lowest BCUT2D eigenvalue weighted by atomic mass is 10.1. The highest BCUT2D eigenvalue weighted by atomic mass is 32.1. The second-order valence-electron chi connectivity index (χ2n) is 5.78. The molecule has 2 aromatic heterocycles. The zero-order valence-corrected chi connectivity index (χ0v) is 14.0. The van der Waals surface area contributed by atoms with Gasteiger partial charge in [0.2, 0.25) is 11.8 Å². The number of thiazole rings is 1. The van der Waals surface area contributed by atoms with Crippen LogP contribution in [0, 0.1) is 0 Å². The van der Waals surface area contributed by atoms with E-state index in [1.54, 1.807) is 23.6 Å². The molecule has 0 aliphatic carbocycles. The average molecular weight is 336 g/mol. The normalized spacial score (nSPS) is 19.2. The monoisotopic (exact) mass is 336 g/mol. The van der Waals surface area contributed by atoms with Crippen molar-refractivity contribution in [2.24, 2.45) is 0 Å². The Morgan fingerprint density at radius 1 is 1.57 bits per heavy atom. The Balaban J connectivity index is 1.52. The first kappa shape index (κ1) is 16.1. The Bertz CT molecular complexity index is 641. The minimum Gasteiger partial charge on any atom is -0.368 e.